The zero-order chi connectivity index (χ0) is 14.0. The number of hydrogen-bond acceptors (Lipinski definition) is 2. The first kappa shape index (κ1) is 14.6. The second kappa shape index (κ2) is 6.11. The van der Waals surface area contributed by atoms with Crippen molar-refractivity contribution >= 4 is 57.4 Å². The minimum atomic E-state index is -0.243. The summed E-state index contributed by atoms with van der Waals surface area (Å²) in [5.41, 5.74) is 1.05. The number of benzene rings is 1. The topological polar surface area (TPSA) is 46.9 Å². The highest BCUT2D eigenvalue weighted by atomic mass is 127. The molecule has 100 valence electrons. The summed E-state index contributed by atoms with van der Waals surface area (Å²) in [5, 5.41) is 7.81. The summed E-state index contributed by atoms with van der Waals surface area (Å²) < 4.78 is 2.43. The molecule has 1 aromatic heterocycles. The summed E-state index contributed by atoms with van der Waals surface area (Å²) in [7, 11) is 0. The number of hydrogen-bond donors (Lipinski definition) is 1. The van der Waals surface area contributed by atoms with E-state index >= 15 is 0 Å². The van der Waals surface area contributed by atoms with E-state index in [-0.39, 0.29) is 5.91 Å². The van der Waals surface area contributed by atoms with Crippen LogP contribution in [0.1, 0.15) is 17.4 Å². The van der Waals surface area contributed by atoms with Gasteiger partial charge in [-0.1, -0.05) is 23.2 Å². The highest BCUT2D eigenvalue weighted by Crippen LogP contribution is 2.26. The number of carbonyl (C=O) groups excluding carboxylic acids is 1. The van der Waals surface area contributed by atoms with Crippen LogP contribution in [0.2, 0.25) is 10.0 Å². The molecular formula is C12H10Cl2IN3O. The van der Waals surface area contributed by atoms with Crippen molar-refractivity contribution in [3.05, 3.63) is 43.7 Å². The van der Waals surface area contributed by atoms with Gasteiger partial charge in [0, 0.05) is 11.6 Å². The molecular weight excluding hydrogens is 400 g/mol. The lowest BCUT2D eigenvalue weighted by molar-refractivity contribution is 0.101. The first-order valence-electron chi connectivity index (χ1n) is 5.50. The van der Waals surface area contributed by atoms with Gasteiger partial charge in [-0.05, 0) is 47.7 Å². The van der Waals surface area contributed by atoms with Gasteiger partial charge in [0.25, 0.3) is 5.91 Å². The molecule has 1 N–H and O–H groups in total. The van der Waals surface area contributed by atoms with E-state index in [0.717, 1.165) is 3.57 Å². The molecule has 0 saturated heterocycles. The maximum atomic E-state index is 12.2. The Hall–Kier alpha value is -0.790. The summed E-state index contributed by atoms with van der Waals surface area (Å²) in [6.45, 7) is 2.55. The molecule has 0 fully saturated rings. The van der Waals surface area contributed by atoms with Gasteiger partial charge >= 0.3 is 0 Å². The fraction of sp³-hybridized carbons (Fsp3) is 0.167. The SMILES string of the molecule is CCn1ncc(I)c1C(=O)Nc1ccc(Cl)cc1Cl. The molecule has 2 rings (SSSR count). The van der Waals surface area contributed by atoms with E-state index in [1.54, 1.807) is 29.1 Å². The van der Waals surface area contributed by atoms with E-state index in [2.05, 4.69) is 33.0 Å². The lowest BCUT2D eigenvalue weighted by Crippen LogP contribution is -2.18. The zero-order valence-electron chi connectivity index (χ0n) is 9.95. The third kappa shape index (κ3) is 3.21. The number of anilines is 1. The van der Waals surface area contributed by atoms with Gasteiger partial charge in [-0.25, -0.2) is 0 Å². The van der Waals surface area contributed by atoms with Crippen LogP contribution in [0.25, 0.3) is 0 Å². The Kier molecular flexibility index (Phi) is 4.70. The zero-order valence-corrected chi connectivity index (χ0v) is 13.6. The van der Waals surface area contributed by atoms with Crippen LogP contribution in [0.3, 0.4) is 0 Å². The van der Waals surface area contributed by atoms with Crippen LogP contribution in [-0.2, 0) is 6.54 Å². The number of nitrogens with one attached hydrogen (secondary N) is 1. The molecule has 1 heterocycles. The molecule has 1 amide bonds. The molecule has 0 unspecified atom stereocenters. The van der Waals surface area contributed by atoms with Gasteiger partial charge in [0.1, 0.15) is 5.69 Å². The van der Waals surface area contributed by atoms with Crippen molar-refractivity contribution in [3.63, 3.8) is 0 Å². The van der Waals surface area contributed by atoms with Crippen molar-refractivity contribution in [3.8, 4) is 0 Å². The minimum Gasteiger partial charge on any atom is -0.319 e. The van der Waals surface area contributed by atoms with Gasteiger partial charge in [-0.2, -0.15) is 5.10 Å². The number of aryl methyl sites for hydroxylation is 1. The molecule has 2 aromatic rings. The fourth-order valence-electron chi connectivity index (χ4n) is 1.60. The number of carbonyl (C=O) groups is 1. The standard InChI is InChI=1S/C12H10Cl2IN3O/c1-2-18-11(9(15)6-16-18)12(19)17-10-4-3-7(13)5-8(10)14/h3-6H,2H2,1H3,(H,17,19). The summed E-state index contributed by atoms with van der Waals surface area (Å²) >= 11 is 13.9. The Balaban J connectivity index is 2.28. The summed E-state index contributed by atoms with van der Waals surface area (Å²) in [6, 6.07) is 4.92. The Bertz CT molecular complexity index is 627. The van der Waals surface area contributed by atoms with Gasteiger partial charge in [0.15, 0.2) is 0 Å². The van der Waals surface area contributed by atoms with Gasteiger partial charge in [0.2, 0.25) is 0 Å². The molecule has 1 aromatic carbocycles. The number of aromatic nitrogens is 2. The predicted octanol–water partition coefficient (Wildman–Crippen LogP) is 4.07. The van der Waals surface area contributed by atoms with Gasteiger partial charge in [0.05, 0.1) is 20.5 Å². The van der Waals surface area contributed by atoms with Crippen LogP contribution >= 0.6 is 45.8 Å². The third-order valence-electron chi connectivity index (χ3n) is 2.49. The average Bonchev–Trinajstić information content (AvgIpc) is 2.74. The lowest BCUT2D eigenvalue weighted by atomic mass is 10.3. The maximum Gasteiger partial charge on any atom is 0.275 e. The molecule has 0 radical (unpaired) electrons. The van der Waals surface area contributed by atoms with Crippen molar-refractivity contribution in [1.82, 2.24) is 9.78 Å². The van der Waals surface area contributed by atoms with Crippen LogP contribution in [0.4, 0.5) is 5.69 Å². The van der Waals surface area contributed by atoms with E-state index in [0.29, 0.717) is 28.0 Å². The van der Waals surface area contributed by atoms with Crippen molar-refractivity contribution < 1.29 is 4.79 Å². The van der Waals surface area contributed by atoms with E-state index < -0.39 is 0 Å². The molecule has 0 aliphatic rings. The molecule has 0 atom stereocenters. The maximum absolute atomic E-state index is 12.2. The van der Waals surface area contributed by atoms with Gasteiger partial charge in [-0.3, -0.25) is 9.48 Å². The van der Waals surface area contributed by atoms with Crippen LogP contribution in [0.15, 0.2) is 24.4 Å². The Morgan fingerprint density at radius 3 is 2.84 bits per heavy atom. The average molecular weight is 410 g/mol. The summed E-state index contributed by atoms with van der Waals surface area (Å²) in [5.74, 6) is -0.243. The number of nitrogens with zero attached hydrogens (tertiary/aromatic N) is 2. The number of rotatable bonds is 3. The molecule has 0 spiro atoms. The third-order valence-corrected chi connectivity index (χ3v) is 3.83. The summed E-state index contributed by atoms with van der Waals surface area (Å²) in [6.07, 6.45) is 1.66. The molecule has 4 nitrogen and oxygen atoms in total. The Morgan fingerprint density at radius 2 is 2.21 bits per heavy atom. The van der Waals surface area contributed by atoms with Crippen LogP contribution in [-0.4, -0.2) is 15.7 Å². The van der Waals surface area contributed by atoms with Crippen LogP contribution in [0, 0.1) is 3.57 Å². The van der Waals surface area contributed by atoms with Crippen molar-refractivity contribution in [2.75, 3.05) is 5.32 Å². The van der Waals surface area contributed by atoms with Crippen molar-refractivity contribution in [2.45, 2.75) is 13.5 Å². The van der Waals surface area contributed by atoms with E-state index in [9.17, 15) is 4.79 Å². The van der Waals surface area contributed by atoms with E-state index in [4.69, 9.17) is 23.2 Å². The molecule has 0 aliphatic heterocycles. The number of halogens is 3. The van der Waals surface area contributed by atoms with E-state index in [1.165, 1.54) is 0 Å². The Morgan fingerprint density at radius 1 is 1.47 bits per heavy atom. The smallest absolute Gasteiger partial charge is 0.275 e. The lowest BCUT2D eigenvalue weighted by Gasteiger charge is -2.09. The normalized spacial score (nSPS) is 10.5. The largest absolute Gasteiger partial charge is 0.319 e. The minimum absolute atomic E-state index is 0.243. The second-order valence-corrected chi connectivity index (χ2v) is 5.74. The highest BCUT2D eigenvalue weighted by Gasteiger charge is 2.17. The first-order valence-corrected chi connectivity index (χ1v) is 7.34. The van der Waals surface area contributed by atoms with Gasteiger partial charge in [-0.15, -0.1) is 0 Å². The number of amides is 1. The monoisotopic (exact) mass is 409 g/mol. The molecule has 19 heavy (non-hydrogen) atoms. The molecule has 7 heteroatoms. The quantitative estimate of drug-likeness (QED) is 0.776. The van der Waals surface area contributed by atoms with Crippen molar-refractivity contribution in [1.29, 1.82) is 0 Å². The molecule has 0 bridgehead atoms. The van der Waals surface area contributed by atoms with Gasteiger partial charge < -0.3 is 5.32 Å². The van der Waals surface area contributed by atoms with Crippen LogP contribution in [0.5, 0.6) is 0 Å². The second-order valence-electron chi connectivity index (χ2n) is 3.74. The van der Waals surface area contributed by atoms with E-state index in [1.807, 2.05) is 6.92 Å². The molecule has 0 saturated carbocycles. The fourth-order valence-corrected chi connectivity index (χ4v) is 2.70. The Labute approximate surface area is 134 Å². The molecule has 0 aliphatic carbocycles. The van der Waals surface area contributed by atoms with Crippen LogP contribution < -0.4 is 5.32 Å². The summed E-state index contributed by atoms with van der Waals surface area (Å²) in [4.78, 5) is 12.2. The highest BCUT2D eigenvalue weighted by molar-refractivity contribution is 14.1. The van der Waals surface area contributed by atoms with Crippen molar-refractivity contribution in [2.24, 2.45) is 0 Å². The predicted molar refractivity (Wildman–Crippen MR) is 85.0 cm³/mol. The first-order chi connectivity index (χ1) is 9.02.